The van der Waals surface area contributed by atoms with Gasteiger partial charge in [0.15, 0.2) is 0 Å². The molecule has 0 bridgehead atoms. The second-order valence-corrected chi connectivity index (χ2v) is 5.27. The molecule has 18 heavy (non-hydrogen) atoms. The van der Waals surface area contributed by atoms with E-state index in [2.05, 4.69) is 4.98 Å². The number of nitrogens with zero attached hydrogens (tertiary/aromatic N) is 1. The van der Waals surface area contributed by atoms with Crippen LogP contribution >= 0.6 is 11.8 Å². The fourth-order valence-electron chi connectivity index (χ4n) is 1.67. The molecule has 2 nitrogen and oxygen atoms in total. The fourth-order valence-corrected chi connectivity index (χ4v) is 2.57. The van der Waals surface area contributed by atoms with Crippen LogP contribution in [0.5, 0.6) is 0 Å². The Morgan fingerprint density at radius 3 is 2.83 bits per heavy atom. The summed E-state index contributed by atoms with van der Waals surface area (Å²) < 4.78 is 13.3. The van der Waals surface area contributed by atoms with Gasteiger partial charge in [0.1, 0.15) is 10.8 Å². The number of rotatable bonds is 4. The second kappa shape index (κ2) is 5.98. The summed E-state index contributed by atoms with van der Waals surface area (Å²) in [6, 6.07) is 10.6. The summed E-state index contributed by atoms with van der Waals surface area (Å²) in [5, 5.41) is 0.898. The molecule has 1 heterocycles. The van der Waals surface area contributed by atoms with E-state index in [0.29, 0.717) is 6.42 Å². The monoisotopic (exact) mass is 262 g/mol. The van der Waals surface area contributed by atoms with E-state index in [-0.39, 0.29) is 11.9 Å². The van der Waals surface area contributed by atoms with Gasteiger partial charge in [-0.05, 0) is 49.2 Å². The lowest BCUT2D eigenvalue weighted by atomic mass is 10.1. The number of nitrogens with two attached hydrogens (primary N) is 1. The lowest BCUT2D eigenvalue weighted by Gasteiger charge is -2.11. The van der Waals surface area contributed by atoms with E-state index in [9.17, 15) is 4.39 Å². The van der Waals surface area contributed by atoms with Gasteiger partial charge in [0.2, 0.25) is 0 Å². The van der Waals surface area contributed by atoms with Crippen molar-refractivity contribution in [3.8, 4) is 0 Å². The van der Waals surface area contributed by atoms with Crippen LogP contribution in [0.15, 0.2) is 52.5 Å². The maximum absolute atomic E-state index is 13.3. The van der Waals surface area contributed by atoms with E-state index >= 15 is 0 Å². The van der Waals surface area contributed by atoms with Gasteiger partial charge in [-0.25, -0.2) is 9.37 Å². The molecule has 1 atom stereocenters. The number of halogens is 1. The highest BCUT2D eigenvalue weighted by atomic mass is 32.2. The van der Waals surface area contributed by atoms with Crippen LogP contribution in [0, 0.1) is 5.82 Å². The van der Waals surface area contributed by atoms with Crippen molar-refractivity contribution in [2.24, 2.45) is 5.73 Å². The van der Waals surface area contributed by atoms with Gasteiger partial charge in [0.25, 0.3) is 0 Å². The van der Waals surface area contributed by atoms with Crippen LogP contribution in [-0.2, 0) is 6.42 Å². The van der Waals surface area contributed by atoms with Crippen molar-refractivity contribution < 1.29 is 4.39 Å². The molecule has 2 aromatic rings. The quantitative estimate of drug-likeness (QED) is 0.919. The Labute approximate surface area is 110 Å². The van der Waals surface area contributed by atoms with Gasteiger partial charge in [0.05, 0.1) is 0 Å². The van der Waals surface area contributed by atoms with Crippen molar-refractivity contribution in [2.45, 2.75) is 29.3 Å². The zero-order chi connectivity index (χ0) is 13.0. The molecule has 0 saturated heterocycles. The predicted molar refractivity (Wildman–Crippen MR) is 72.1 cm³/mol. The van der Waals surface area contributed by atoms with Gasteiger partial charge in [-0.1, -0.05) is 17.8 Å². The van der Waals surface area contributed by atoms with Gasteiger partial charge >= 0.3 is 0 Å². The zero-order valence-electron chi connectivity index (χ0n) is 10.1. The molecule has 0 fully saturated rings. The minimum Gasteiger partial charge on any atom is -0.328 e. The van der Waals surface area contributed by atoms with Crippen LogP contribution in [0.3, 0.4) is 0 Å². The Morgan fingerprint density at radius 2 is 2.17 bits per heavy atom. The predicted octanol–water partition coefficient (Wildman–Crippen LogP) is 3.26. The Morgan fingerprint density at radius 1 is 1.33 bits per heavy atom. The largest absolute Gasteiger partial charge is 0.328 e. The van der Waals surface area contributed by atoms with Crippen LogP contribution in [0.1, 0.15) is 12.5 Å². The molecule has 0 amide bonds. The van der Waals surface area contributed by atoms with Crippen molar-refractivity contribution in [3.63, 3.8) is 0 Å². The first kappa shape index (κ1) is 13.1. The zero-order valence-corrected chi connectivity index (χ0v) is 11.0. The van der Waals surface area contributed by atoms with E-state index in [0.717, 1.165) is 15.5 Å². The molecule has 1 aromatic heterocycles. The van der Waals surface area contributed by atoms with Crippen molar-refractivity contribution >= 4 is 11.8 Å². The molecule has 0 spiro atoms. The Hall–Kier alpha value is -1.39. The topological polar surface area (TPSA) is 38.9 Å². The van der Waals surface area contributed by atoms with E-state index in [4.69, 9.17) is 5.73 Å². The van der Waals surface area contributed by atoms with Crippen LogP contribution in [0.25, 0.3) is 0 Å². The standard InChI is InChI=1S/C14H15FN2S/c1-10(16)8-11-9-12(15)5-6-13(11)18-14-4-2-3-7-17-14/h2-7,9-10H,8,16H2,1H3. The van der Waals surface area contributed by atoms with E-state index in [1.807, 2.05) is 25.1 Å². The molecule has 0 aliphatic carbocycles. The summed E-state index contributed by atoms with van der Waals surface area (Å²) in [7, 11) is 0. The molecule has 4 heteroatoms. The van der Waals surface area contributed by atoms with Crippen LogP contribution in [0.2, 0.25) is 0 Å². The molecule has 0 aliphatic heterocycles. The van der Waals surface area contributed by atoms with Crippen molar-refractivity contribution in [3.05, 3.63) is 54.0 Å². The first-order chi connectivity index (χ1) is 8.65. The summed E-state index contributed by atoms with van der Waals surface area (Å²) in [6.07, 6.45) is 2.41. The molecular weight excluding hydrogens is 247 g/mol. The van der Waals surface area contributed by atoms with Crippen LogP contribution in [0.4, 0.5) is 4.39 Å². The average molecular weight is 262 g/mol. The highest BCUT2D eigenvalue weighted by molar-refractivity contribution is 7.99. The van der Waals surface area contributed by atoms with Crippen molar-refractivity contribution in [1.29, 1.82) is 0 Å². The molecule has 2 N–H and O–H groups in total. The Bertz CT molecular complexity index is 514. The normalized spacial score (nSPS) is 12.4. The molecule has 0 aliphatic rings. The third-order valence-electron chi connectivity index (χ3n) is 2.42. The third kappa shape index (κ3) is 3.55. The smallest absolute Gasteiger partial charge is 0.123 e. The van der Waals surface area contributed by atoms with Gasteiger partial charge in [-0.15, -0.1) is 0 Å². The van der Waals surface area contributed by atoms with Crippen molar-refractivity contribution in [1.82, 2.24) is 4.98 Å². The summed E-state index contributed by atoms with van der Waals surface area (Å²) in [4.78, 5) is 5.26. The molecule has 2 rings (SSSR count). The number of pyridine rings is 1. The van der Waals surface area contributed by atoms with E-state index < -0.39 is 0 Å². The minimum absolute atomic E-state index is 0.00915. The highest BCUT2D eigenvalue weighted by Gasteiger charge is 2.08. The van der Waals surface area contributed by atoms with Gasteiger partial charge in [0, 0.05) is 17.1 Å². The maximum atomic E-state index is 13.3. The molecular formula is C14H15FN2S. The van der Waals surface area contributed by atoms with Gasteiger partial charge < -0.3 is 5.73 Å². The van der Waals surface area contributed by atoms with Crippen LogP contribution < -0.4 is 5.73 Å². The first-order valence-electron chi connectivity index (χ1n) is 5.78. The molecule has 94 valence electrons. The number of benzene rings is 1. The molecule has 1 aromatic carbocycles. The minimum atomic E-state index is -0.226. The summed E-state index contributed by atoms with van der Waals surface area (Å²) in [5.74, 6) is -0.226. The van der Waals surface area contributed by atoms with Gasteiger partial charge in [-0.3, -0.25) is 0 Å². The maximum Gasteiger partial charge on any atom is 0.123 e. The molecule has 0 saturated carbocycles. The summed E-state index contributed by atoms with van der Waals surface area (Å²) in [6.45, 7) is 1.92. The summed E-state index contributed by atoms with van der Waals surface area (Å²) in [5.41, 5.74) is 6.72. The number of aromatic nitrogens is 1. The van der Waals surface area contributed by atoms with E-state index in [1.54, 1.807) is 18.3 Å². The number of hydrogen-bond donors (Lipinski definition) is 1. The van der Waals surface area contributed by atoms with Gasteiger partial charge in [-0.2, -0.15) is 0 Å². The number of hydrogen-bond acceptors (Lipinski definition) is 3. The fraction of sp³-hybridized carbons (Fsp3) is 0.214. The Kier molecular flexibility index (Phi) is 4.33. The first-order valence-corrected chi connectivity index (χ1v) is 6.59. The highest BCUT2D eigenvalue weighted by Crippen LogP contribution is 2.30. The van der Waals surface area contributed by atoms with E-state index in [1.165, 1.54) is 17.8 Å². The Balaban J connectivity index is 2.26. The lowest BCUT2D eigenvalue weighted by molar-refractivity contribution is 0.620. The lowest BCUT2D eigenvalue weighted by Crippen LogP contribution is -2.18. The third-order valence-corrected chi connectivity index (χ3v) is 3.49. The van der Waals surface area contributed by atoms with Crippen LogP contribution in [-0.4, -0.2) is 11.0 Å². The second-order valence-electron chi connectivity index (χ2n) is 4.20. The SMILES string of the molecule is CC(N)Cc1cc(F)ccc1Sc1ccccn1. The van der Waals surface area contributed by atoms with Crippen molar-refractivity contribution in [2.75, 3.05) is 0 Å². The average Bonchev–Trinajstić information content (AvgIpc) is 2.33. The summed E-state index contributed by atoms with van der Waals surface area (Å²) >= 11 is 1.53. The molecule has 1 unspecified atom stereocenters. The molecule has 0 radical (unpaired) electrons.